The van der Waals surface area contributed by atoms with Crippen molar-refractivity contribution >= 4 is 5.78 Å². The summed E-state index contributed by atoms with van der Waals surface area (Å²) in [6.07, 6.45) is 5.98. The van der Waals surface area contributed by atoms with Crippen LogP contribution in [0.3, 0.4) is 0 Å². The molecular weight excluding hydrogens is 292 g/mol. The molecule has 0 radical (unpaired) electrons. The van der Waals surface area contributed by atoms with E-state index in [0.717, 1.165) is 36.6 Å². The lowest BCUT2D eigenvalue weighted by Gasteiger charge is -2.23. The second-order valence-corrected chi connectivity index (χ2v) is 5.50. The molecule has 0 amide bonds. The molecule has 0 spiro atoms. The lowest BCUT2D eigenvalue weighted by molar-refractivity contribution is 0.0250. The number of Topliss-reactive ketones (excluding diaryl/α,β-unsaturated/α-hetero) is 1. The molecule has 1 N–H and O–H groups in total. The molecule has 1 saturated heterocycles. The van der Waals surface area contributed by atoms with Gasteiger partial charge >= 0.3 is 0 Å². The Balaban J connectivity index is 1.63. The van der Waals surface area contributed by atoms with E-state index in [1.165, 1.54) is 0 Å². The standard InChI is InChI=1S/C17H20N4O2/c1-2-17-20-9-13(10-21-17)15(22)7-12-3-4-14(19-8-12)16-11-18-5-6-23-16/h3-4,8-10,16,18H,2,5-7,11H2,1H3/t16-/m0/s1. The highest BCUT2D eigenvalue weighted by Crippen LogP contribution is 2.17. The van der Waals surface area contributed by atoms with Crippen molar-refractivity contribution < 1.29 is 9.53 Å². The normalized spacial score (nSPS) is 17.9. The summed E-state index contributed by atoms with van der Waals surface area (Å²) in [6, 6.07) is 3.86. The summed E-state index contributed by atoms with van der Waals surface area (Å²) in [5.41, 5.74) is 2.30. The number of morpholine rings is 1. The molecule has 1 fully saturated rings. The molecule has 120 valence electrons. The molecule has 1 aliphatic rings. The SMILES string of the molecule is CCc1ncc(C(=O)Cc2ccc([C@@H]3CNCCO3)nc2)cn1. The van der Waals surface area contributed by atoms with Crippen LogP contribution in [0.4, 0.5) is 0 Å². The Kier molecular flexibility index (Phi) is 5.05. The summed E-state index contributed by atoms with van der Waals surface area (Å²) >= 11 is 0. The minimum atomic E-state index is -0.0107. The van der Waals surface area contributed by atoms with Crippen molar-refractivity contribution in [3.05, 3.63) is 53.4 Å². The van der Waals surface area contributed by atoms with Gasteiger partial charge in [-0.2, -0.15) is 0 Å². The van der Waals surface area contributed by atoms with E-state index in [0.29, 0.717) is 18.6 Å². The van der Waals surface area contributed by atoms with Gasteiger partial charge in [-0.05, 0) is 11.6 Å². The van der Waals surface area contributed by atoms with Gasteiger partial charge in [-0.25, -0.2) is 9.97 Å². The first-order valence-electron chi connectivity index (χ1n) is 7.87. The highest BCUT2D eigenvalue weighted by molar-refractivity contribution is 5.96. The quantitative estimate of drug-likeness (QED) is 0.844. The minimum absolute atomic E-state index is 0.00205. The van der Waals surface area contributed by atoms with Crippen LogP contribution in [-0.4, -0.2) is 40.4 Å². The molecule has 23 heavy (non-hydrogen) atoms. The van der Waals surface area contributed by atoms with E-state index >= 15 is 0 Å². The van der Waals surface area contributed by atoms with Crippen LogP contribution in [0.1, 0.15) is 40.5 Å². The number of nitrogens with one attached hydrogen (secondary N) is 1. The van der Waals surface area contributed by atoms with Crippen molar-refractivity contribution in [1.29, 1.82) is 0 Å². The number of rotatable bonds is 5. The van der Waals surface area contributed by atoms with Crippen molar-refractivity contribution in [2.45, 2.75) is 25.9 Å². The summed E-state index contributed by atoms with van der Waals surface area (Å²) in [4.78, 5) is 25.0. The Morgan fingerprint density at radius 2 is 2.09 bits per heavy atom. The topological polar surface area (TPSA) is 77.0 Å². The summed E-state index contributed by atoms with van der Waals surface area (Å²) in [5, 5.41) is 3.28. The average Bonchev–Trinajstić information content (AvgIpc) is 2.63. The summed E-state index contributed by atoms with van der Waals surface area (Å²) < 4.78 is 5.67. The van der Waals surface area contributed by atoms with Crippen LogP contribution in [0, 0.1) is 0 Å². The van der Waals surface area contributed by atoms with Gasteiger partial charge < -0.3 is 10.1 Å². The number of carbonyl (C=O) groups is 1. The van der Waals surface area contributed by atoms with Gasteiger partial charge in [0.1, 0.15) is 11.9 Å². The van der Waals surface area contributed by atoms with Gasteiger partial charge in [0.15, 0.2) is 5.78 Å². The van der Waals surface area contributed by atoms with Gasteiger partial charge in [0.05, 0.1) is 17.9 Å². The number of aromatic nitrogens is 3. The zero-order valence-electron chi connectivity index (χ0n) is 13.2. The molecule has 1 atom stereocenters. The van der Waals surface area contributed by atoms with Gasteiger partial charge in [0, 0.05) is 44.5 Å². The van der Waals surface area contributed by atoms with Crippen LogP contribution in [0.15, 0.2) is 30.7 Å². The van der Waals surface area contributed by atoms with Crippen molar-refractivity contribution in [2.24, 2.45) is 0 Å². The largest absolute Gasteiger partial charge is 0.369 e. The third kappa shape index (κ3) is 3.97. The monoisotopic (exact) mass is 312 g/mol. The number of aryl methyl sites for hydroxylation is 1. The predicted octanol–water partition coefficient (Wildman–Crippen LogP) is 1.52. The van der Waals surface area contributed by atoms with E-state index in [2.05, 4.69) is 20.3 Å². The van der Waals surface area contributed by atoms with Crippen LogP contribution < -0.4 is 5.32 Å². The second-order valence-electron chi connectivity index (χ2n) is 5.50. The molecular formula is C17H20N4O2. The number of ether oxygens (including phenoxy) is 1. The van der Waals surface area contributed by atoms with Gasteiger partial charge in [-0.1, -0.05) is 13.0 Å². The van der Waals surface area contributed by atoms with Crippen molar-refractivity contribution in [3.63, 3.8) is 0 Å². The van der Waals surface area contributed by atoms with Crippen molar-refractivity contribution in [3.8, 4) is 0 Å². The number of ketones is 1. The zero-order chi connectivity index (χ0) is 16.1. The highest BCUT2D eigenvalue weighted by Gasteiger charge is 2.17. The van der Waals surface area contributed by atoms with Gasteiger partial charge in [0.25, 0.3) is 0 Å². The lowest BCUT2D eigenvalue weighted by Crippen LogP contribution is -2.33. The maximum atomic E-state index is 12.3. The lowest BCUT2D eigenvalue weighted by atomic mass is 10.1. The molecule has 6 heteroatoms. The third-order valence-corrected chi connectivity index (χ3v) is 3.81. The summed E-state index contributed by atoms with van der Waals surface area (Å²) in [6.45, 7) is 4.32. The minimum Gasteiger partial charge on any atom is -0.369 e. The van der Waals surface area contributed by atoms with Crippen LogP contribution in [0.25, 0.3) is 0 Å². The molecule has 0 bridgehead atoms. The molecule has 0 saturated carbocycles. The molecule has 2 aromatic heterocycles. The molecule has 0 unspecified atom stereocenters. The predicted molar refractivity (Wildman–Crippen MR) is 85.2 cm³/mol. The highest BCUT2D eigenvalue weighted by atomic mass is 16.5. The Labute approximate surface area is 135 Å². The molecule has 3 heterocycles. The Bertz CT molecular complexity index is 649. The molecule has 1 aliphatic heterocycles. The van der Waals surface area contributed by atoms with Crippen LogP contribution in [0.2, 0.25) is 0 Å². The number of pyridine rings is 1. The van der Waals surface area contributed by atoms with E-state index in [1.807, 2.05) is 19.1 Å². The average molecular weight is 312 g/mol. The molecule has 6 nitrogen and oxygen atoms in total. The zero-order valence-corrected chi connectivity index (χ0v) is 13.2. The molecule has 0 aromatic carbocycles. The maximum absolute atomic E-state index is 12.3. The Morgan fingerprint density at radius 1 is 1.26 bits per heavy atom. The number of hydrogen-bond acceptors (Lipinski definition) is 6. The van der Waals surface area contributed by atoms with E-state index in [1.54, 1.807) is 18.6 Å². The van der Waals surface area contributed by atoms with E-state index in [9.17, 15) is 4.79 Å². The van der Waals surface area contributed by atoms with Crippen LogP contribution in [-0.2, 0) is 17.6 Å². The molecule has 2 aromatic rings. The Hall–Kier alpha value is -2.18. The first-order valence-corrected chi connectivity index (χ1v) is 7.87. The second kappa shape index (κ2) is 7.39. The summed E-state index contributed by atoms with van der Waals surface area (Å²) in [7, 11) is 0. The number of nitrogens with zero attached hydrogens (tertiary/aromatic N) is 3. The Morgan fingerprint density at radius 3 is 2.70 bits per heavy atom. The summed E-state index contributed by atoms with van der Waals surface area (Å²) in [5.74, 6) is 0.742. The van der Waals surface area contributed by atoms with Crippen LogP contribution in [0.5, 0.6) is 0 Å². The van der Waals surface area contributed by atoms with E-state index in [-0.39, 0.29) is 11.9 Å². The van der Waals surface area contributed by atoms with Gasteiger partial charge in [-0.3, -0.25) is 9.78 Å². The fourth-order valence-corrected chi connectivity index (χ4v) is 2.46. The van der Waals surface area contributed by atoms with Crippen LogP contribution >= 0.6 is 0 Å². The first-order chi connectivity index (χ1) is 11.3. The fraction of sp³-hybridized carbons (Fsp3) is 0.412. The molecule has 0 aliphatic carbocycles. The number of carbonyl (C=O) groups excluding carboxylic acids is 1. The van der Waals surface area contributed by atoms with Gasteiger partial charge in [-0.15, -0.1) is 0 Å². The van der Waals surface area contributed by atoms with Crippen molar-refractivity contribution in [1.82, 2.24) is 20.3 Å². The van der Waals surface area contributed by atoms with Crippen molar-refractivity contribution in [2.75, 3.05) is 19.7 Å². The molecule has 3 rings (SSSR count). The smallest absolute Gasteiger partial charge is 0.170 e. The van der Waals surface area contributed by atoms with E-state index in [4.69, 9.17) is 4.74 Å². The number of hydrogen-bond donors (Lipinski definition) is 1. The maximum Gasteiger partial charge on any atom is 0.170 e. The van der Waals surface area contributed by atoms with E-state index < -0.39 is 0 Å². The van der Waals surface area contributed by atoms with Gasteiger partial charge in [0.2, 0.25) is 0 Å². The third-order valence-electron chi connectivity index (χ3n) is 3.81. The fourth-order valence-electron chi connectivity index (χ4n) is 2.46. The first kappa shape index (κ1) is 15.7.